The predicted octanol–water partition coefficient (Wildman–Crippen LogP) is 6.14. The van der Waals surface area contributed by atoms with Crippen molar-refractivity contribution in [2.45, 2.75) is 6.18 Å². The minimum atomic E-state index is -4.41. The second-order valence-electron chi connectivity index (χ2n) is 5.20. The first-order valence-corrected chi connectivity index (χ1v) is 8.74. The molecule has 0 aliphatic carbocycles. The van der Waals surface area contributed by atoms with Gasteiger partial charge in [0.2, 0.25) is 0 Å². The molecule has 9 heteroatoms. The maximum absolute atomic E-state index is 12.6. The van der Waals surface area contributed by atoms with Gasteiger partial charge < -0.3 is 9.84 Å². The lowest BCUT2D eigenvalue weighted by Crippen LogP contribution is -2.13. The fourth-order valence-electron chi connectivity index (χ4n) is 2.19. The zero-order valence-corrected chi connectivity index (χ0v) is 15.9. The summed E-state index contributed by atoms with van der Waals surface area (Å²) in [6.07, 6.45) is -4.41. The van der Waals surface area contributed by atoms with E-state index in [1.165, 1.54) is 18.2 Å². The molecule has 26 heavy (non-hydrogen) atoms. The third-order valence-corrected chi connectivity index (χ3v) is 4.76. The lowest BCUT2D eigenvalue weighted by Gasteiger charge is -2.06. The SMILES string of the molecule is O=C(Nc1cc(-c2ccc(C(F)(F)F)cc2)on1)c1c(Br)cccc1Br. The smallest absolute Gasteiger partial charge is 0.354 e. The molecule has 0 saturated heterocycles. The number of carbonyl (C=O) groups excluding carboxylic acids is 1. The molecule has 0 unspecified atom stereocenters. The maximum atomic E-state index is 12.6. The molecule has 134 valence electrons. The van der Waals surface area contributed by atoms with Gasteiger partial charge in [0.05, 0.1) is 11.1 Å². The van der Waals surface area contributed by atoms with Crippen molar-refractivity contribution < 1.29 is 22.5 Å². The van der Waals surface area contributed by atoms with Gasteiger partial charge in [-0.25, -0.2) is 0 Å². The Labute approximate surface area is 162 Å². The Morgan fingerprint density at radius 2 is 1.65 bits per heavy atom. The molecule has 1 amide bonds. The number of benzene rings is 2. The molecule has 4 nitrogen and oxygen atoms in total. The fraction of sp³-hybridized carbons (Fsp3) is 0.0588. The van der Waals surface area contributed by atoms with Crippen LogP contribution in [0.4, 0.5) is 19.0 Å². The molecular weight excluding hydrogens is 481 g/mol. The number of anilines is 1. The van der Waals surface area contributed by atoms with E-state index in [4.69, 9.17) is 4.52 Å². The molecule has 1 heterocycles. The summed E-state index contributed by atoms with van der Waals surface area (Å²) in [6, 6.07) is 11.1. The summed E-state index contributed by atoms with van der Waals surface area (Å²) < 4.78 is 44.1. The standard InChI is InChI=1S/C17H9Br2F3N2O2/c18-11-2-1-3-12(19)15(11)16(25)23-14-8-13(26-24-14)9-4-6-10(7-5-9)17(20,21)22/h1-8H,(H,23,24,25). The summed E-state index contributed by atoms with van der Waals surface area (Å²) in [5.74, 6) is -0.0376. The first-order chi connectivity index (χ1) is 12.3. The Morgan fingerprint density at radius 1 is 1.04 bits per heavy atom. The van der Waals surface area contributed by atoms with E-state index in [1.54, 1.807) is 18.2 Å². The molecule has 3 aromatic rings. The molecule has 0 aliphatic heterocycles. The van der Waals surface area contributed by atoms with Crippen LogP contribution in [0.15, 0.2) is 62.0 Å². The topological polar surface area (TPSA) is 55.1 Å². The maximum Gasteiger partial charge on any atom is 0.416 e. The highest BCUT2D eigenvalue weighted by atomic mass is 79.9. The van der Waals surface area contributed by atoms with Gasteiger partial charge in [0.25, 0.3) is 5.91 Å². The molecule has 0 bridgehead atoms. The lowest BCUT2D eigenvalue weighted by atomic mass is 10.1. The first-order valence-electron chi connectivity index (χ1n) is 7.15. The Kier molecular flexibility index (Phi) is 5.19. The van der Waals surface area contributed by atoms with Crippen LogP contribution in [0.1, 0.15) is 15.9 Å². The highest BCUT2D eigenvalue weighted by Crippen LogP contribution is 2.32. The zero-order valence-electron chi connectivity index (χ0n) is 12.8. The lowest BCUT2D eigenvalue weighted by molar-refractivity contribution is -0.137. The zero-order chi connectivity index (χ0) is 18.9. The number of nitrogens with one attached hydrogen (secondary N) is 1. The molecule has 0 radical (unpaired) electrons. The molecule has 0 fully saturated rings. The first kappa shape index (κ1) is 18.7. The van der Waals surface area contributed by atoms with Crippen molar-refractivity contribution in [2.24, 2.45) is 0 Å². The molecule has 2 aromatic carbocycles. The Morgan fingerprint density at radius 3 is 2.23 bits per heavy atom. The number of rotatable bonds is 3. The van der Waals surface area contributed by atoms with E-state index in [0.29, 0.717) is 20.1 Å². The Bertz CT molecular complexity index is 933. The van der Waals surface area contributed by atoms with E-state index in [1.807, 2.05) is 0 Å². The largest absolute Gasteiger partial charge is 0.416 e. The van der Waals surface area contributed by atoms with Crippen molar-refractivity contribution in [3.8, 4) is 11.3 Å². The third-order valence-electron chi connectivity index (χ3n) is 3.44. The summed E-state index contributed by atoms with van der Waals surface area (Å²) in [4.78, 5) is 12.4. The van der Waals surface area contributed by atoms with E-state index < -0.39 is 17.6 Å². The van der Waals surface area contributed by atoms with Gasteiger partial charge in [-0.15, -0.1) is 0 Å². The molecule has 3 rings (SSSR count). The summed E-state index contributed by atoms with van der Waals surface area (Å²) in [7, 11) is 0. The quantitative estimate of drug-likeness (QED) is 0.481. The van der Waals surface area contributed by atoms with E-state index in [2.05, 4.69) is 42.3 Å². The average molecular weight is 490 g/mol. The normalized spacial score (nSPS) is 11.4. The van der Waals surface area contributed by atoms with Crippen LogP contribution in [0.5, 0.6) is 0 Å². The van der Waals surface area contributed by atoms with Crippen molar-refractivity contribution in [1.29, 1.82) is 0 Å². The highest BCUT2D eigenvalue weighted by molar-refractivity contribution is 9.11. The van der Waals surface area contributed by atoms with E-state index in [0.717, 1.165) is 12.1 Å². The van der Waals surface area contributed by atoms with Gasteiger partial charge in [0.15, 0.2) is 11.6 Å². The third kappa shape index (κ3) is 3.99. The van der Waals surface area contributed by atoms with Crippen LogP contribution in [-0.2, 0) is 6.18 Å². The molecule has 0 aliphatic rings. The number of alkyl halides is 3. The molecule has 0 saturated carbocycles. The average Bonchev–Trinajstić information content (AvgIpc) is 3.02. The molecule has 0 spiro atoms. The number of hydrogen-bond donors (Lipinski definition) is 1. The van der Waals surface area contributed by atoms with Gasteiger partial charge in [0, 0.05) is 20.6 Å². The monoisotopic (exact) mass is 488 g/mol. The minimum absolute atomic E-state index is 0.146. The van der Waals surface area contributed by atoms with Crippen LogP contribution in [0.3, 0.4) is 0 Å². The van der Waals surface area contributed by atoms with Gasteiger partial charge in [0.1, 0.15) is 0 Å². The van der Waals surface area contributed by atoms with Crippen LogP contribution in [0.25, 0.3) is 11.3 Å². The Balaban J connectivity index is 1.79. The summed E-state index contributed by atoms with van der Waals surface area (Å²) in [6.45, 7) is 0. The van der Waals surface area contributed by atoms with Crippen molar-refractivity contribution in [3.63, 3.8) is 0 Å². The summed E-state index contributed by atoms with van der Waals surface area (Å²) >= 11 is 6.60. The minimum Gasteiger partial charge on any atom is -0.354 e. The fourth-order valence-corrected chi connectivity index (χ4v) is 3.55. The highest BCUT2D eigenvalue weighted by Gasteiger charge is 2.30. The van der Waals surface area contributed by atoms with Gasteiger partial charge in [-0.3, -0.25) is 4.79 Å². The van der Waals surface area contributed by atoms with Crippen LogP contribution < -0.4 is 5.32 Å². The second kappa shape index (κ2) is 7.24. The summed E-state index contributed by atoms with van der Waals surface area (Å²) in [5.41, 5.74) is 0.0349. The van der Waals surface area contributed by atoms with Crippen LogP contribution in [0.2, 0.25) is 0 Å². The van der Waals surface area contributed by atoms with Gasteiger partial charge >= 0.3 is 6.18 Å². The van der Waals surface area contributed by atoms with Gasteiger partial charge in [-0.05, 0) is 56.1 Å². The number of aromatic nitrogens is 1. The van der Waals surface area contributed by atoms with Crippen molar-refractivity contribution in [1.82, 2.24) is 5.16 Å². The number of amides is 1. The number of halogens is 5. The van der Waals surface area contributed by atoms with E-state index in [-0.39, 0.29) is 11.6 Å². The van der Waals surface area contributed by atoms with E-state index in [9.17, 15) is 18.0 Å². The molecule has 1 N–H and O–H groups in total. The number of nitrogens with zero attached hydrogens (tertiary/aromatic N) is 1. The van der Waals surface area contributed by atoms with Crippen molar-refractivity contribution >= 4 is 43.6 Å². The van der Waals surface area contributed by atoms with Crippen LogP contribution >= 0.6 is 31.9 Å². The molecular formula is C17H9Br2F3N2O2. The van der Waals surface area contributed by atoms with Gasteiger partial charge in [-0.1, -0.05) is 23.4 Å². The summed E-state index contributed by atoms with van der Waals surface area (Å²) in [5, 5.41) is 6.31. The molecule has 1 aromatic heterocycles. The number of carbonyl (C=O) groups is 1. The second-order valence-corrected chi connectivity index (χ2v) is 6.91. The van der Waals surface area contributed by atoms with Gasteiger partial charge in [-0.2, -0.15) is 13.2 Å². The van der Waals surface area contributed by atoms with Crippen LogP contribution in [0, 0.1) is 0 Å². The van der Waals surface area contributed by atoms with Crippen molar-refractivity contribution in [2.75, 3.05) is 5.32 Å². The molecule has 0 atom stereocenters. The van der Waals surface area contributed by atoms with Crippen molar-refractivity contribution in [3.05, 3.63) is 68.6 Å². The number of hydrogen-bond acceptors (Lipinski definition) is 3. The van der Waals surface area contributed by atoms with E-state index >= 15 is 0 Å². The Hall–Kier alpha value is -2.13. The predicted molar refractivity (Wildman–Crippen MR) is 96.7 cm³/mol. The van der Waals surface area contributed by atoms with Crippen LogP contribution in [-0.4, -0.2) is 11.1 Å².